The van der Waals surface area contributed by atoms with E-state index < -0.39 is 157 Å². The second-order valence-electron chi connectivity index (χ2n) is 31.9. The number of fused-ring (bicyclic) bond motifs is 17. The van der Waals surface area contributed by atoms with Gasteiger partial charge in [0.2, 0.25) is 10.9 Å². The van der Waals surface area contributed by atoms with Crippen LogP contribution < -0.4 is 0 Å². The summed E-state index contributed by atoms with van der Waals surface area (Å²) in [5, 5.41) is 55.0. The molecule has 0 aromatic heterocycles. The summed E-state index contributed by atoms with van der Waals surface area (Å²) >= 11 is 7.85. The van der Waals surface area contributed by atoms with Crippen molar-refractivity contribution in [2.75, 3.05) is 19.2 Å². The summed E-state index contributed by atoms with van der Waals surface area (Å²) in [5.41, 5.74) is -10.2. The standard InChI is InChI=1S/C28H37ClO7.C25H34O6.C22H27F3O4S/c1-6-23(33)35-15-22(32)28(36-24(34)7-2)16(3)12-20-19-9-8-17-13-18(30)10-11-25(17,4)27(19,29)21(31)14-26(20,28)5;1-4-5-21-30-20-11-17-16-7-6-14-10-15(27)8-9-23(14,2)22(16)18(28)12-24(17,3)25(20,31-21)19(29)13-26;1-11-6-13-14-8-16(24)15-7-12(26)4-5-19(15,2)21(14,25)17(27)9-20(13,3)22(11,29)18(28)30-10-23/h10-11,13,16,19-21,31H,6-9,12,14-15H2,1-5H3;8-10,16-18,20-22,26,28H,4-7,11-13H2,1-3H3;4-5,7,11,13-14,16-17,27,29H,6,8-10H2,1-3H3/t16-,19-,20-,21-,25-,26-,27-,28-;16-,17-,18-,20+,21?,22+,23-,24-,25+;11-,13+,14+,16+,17+,19+,20+,21+,22+/m001/s1. The predicted molar refractivity (Wildman–Crippen MR) is 353 cm³/mol. The molecular formula is C75H98ClF3O17S. The van der Waals surface area contributed by atoms with E-state index in [-0.39, 0.29) is 102 Å². The van der Waals surface area contributed by atoms with Gasteiger partial charge < -0.3 is 44.5 Å². The number of aliphatic hydroxyl groups is 5. The molecule has 0 aromatic rings. The van der Waals surface area contributed by atoms with E-state index in [0.717, 1.165) is 36.5 Å². The Kier molecular flexibility index (Phi) is 19.4. The molecule has 26 atom stereocenters. The van der Waals surface area contributed by atoms with Crippen molar-refractivity contribution in [1.29, 1.82) is 0 Å². The van der Waals surface area contributed by atoms with Crippen LogP contribution in [0.25, 0.3) is 0 Å². The Labute approximate surface area is 575 Å². The first-order valence-electron chi connectivity index (χ1n) is 35.1. The van der Waals surface area contributed by atoms with E-state index in [1.54, 1.807) is 45.9 Å². The number of carbonyl (C=O) groups excluding carboxylic acids is 8. The van der Waals surface area contributed by atoms with E-state index in [1.165, 1.54) is 25.2 Å². The van der Waals surface area contributed by atoms with Crippen molar-refractivity contribution in [2.24, 2.45) is 85.8 Å². The van der Waals surface area contributed by atoms with Crippen LogP contribution in [0.15, 0.2) is 71.4 Å². The molecule has 0 bridgehead atoms. The number of carbonyl (C=O) groups is 8. The predicted octanol–water partition coefficient (Wildman–Crippen LogP) is 10.3. The number of Topliss-reactive ketones (excluding diaryl/α,β-unsaturated/α-hetero) is 2. The quantitative estimate of drug-likeness (QED) is 0.0897. The molecule has 12 aliphatic carbocycles. The first-order chi connectivity index (χ1) is 45.4. The Morgan fingerprint density at radius 3 is 1.94 bits per heavy atom. The van der Waals surface area contributed by atoms with Gasteiger partial charge in [-0.3, -0.25) is 38.4 Å². The maximum absolute atomic E-state index is 16.9. The molecule has 1 heterocycles. The van der Waals surface area contributed by atoms with Gasteiger partial charge in [-0.1, -0.05) is 117 Å². The fourth-order valence-corrected chi connectivity index (χ4v) is 24.5. The van der Waals surface area contributed by atoms with Gasteiger partial charge in [-0.25, -0.2) is 13.2 Å². The second kappa shape index (κ2) is 25.5. The molecular weight excluding hydrogens is 1300 g/mol. The molecule has 22 heteroatoms. The average Bonchev–Trinajstić information content (AvgIpc) is 1.64. The molecule has 1 aliphatic heterocycles. The van der Waals surface area contributed by atoms with Gasteiger partial charge in [0.25, 0.3) is 0 Å². The number of alkyl halides is 4. The van der Waals surface area contributed by atoms with E-state index in [2.05, 4.69) is 20.8 Å². The molecule has 10 fully saturated rings. The third-order valence-electron chi connectivity index (χ3n) is 27.9. The second-order valence-corrected chi connectivity index (χ2v) is 33.4. The first-order valence-corrected chi connectivity index (χ1v) is 36.5. The highest BCUT2D eigenvalue weighted by Gasteiger charge is 2.80. The number of ketones is 5. The number of halogens is 4. The fourth-order valence-electron chi connectivity index (χ4n) is 23.3. The van der Waals surface area contributed by atoms with Crippen molar-refractivity contribution < 1.29 is 96.0 Å². The van der Waals surface area contributed by atoms with Crippen LogP contribution in [-0.4, -0.2) is 155 Å². The summed E-state index contributed by atoms with van der Waals surface area (Å²) in [6.07, 6.45) is 14.8. The molecule has 13 rings (SSSR count). The summed E-state index contributed by atoms with van der Waals surface area (Å²) in [6.45, 7) is 19.1. The number of aliphatic hydroxyl groups excluding tert-OH is 4. The third-order valence-corrected chi connectivity index (χ3v) is 29.5. The molecule has 5 N–H and O–H groups in total. The zero-order valence-electron chi connectivity index (χ0n) is 57.6. The minimum absolute atomic E-state index is 0.0125. The van der Waals surface area contributed by atoms with Crippen molar-refractivity contribution in [1.82, 2.24) is 0 Å². The fraction of sp³-hybridized carbons (Fsp3) is 0.733. The van der Waals surface area contributed by atoms with Gasteiger partial charge in [0.1, 0.15) is 24.4 Å². The lowest BCUT2D eigenvalue weighted by Gasteiger charge is -2.64. The topological polar surface area (TPSA) is 275 Å². The molecule has 0 aromatic carbocycles. The van der Waals surface area contributed by atoms with E-state index in [9.17, 15) is 68.3 Å². The zero-order valence-corrected chi connectivity index (χ0v) is 59.2. The van der Waals surface area contributed by atoms with Gasteiger partial charge in [0, 0.05) is 63.1 Å². The number of hydrogen-bond donors (Lipinski definition) is 5. The maximum Gasteiger partial charge on any atom is 0.306 e. The molecule has 13 aliphatic rings. The molecule has 0 spiro atoms. The molecule has 17 nitrogen and oxygen atoms in total. The van der Waals surface area contributed by atoms with Crippen molar-refractivity contribution in [3.8, 4) is 0 Å². The number of esters is 2. The van der Waals surface area contributed by atoms with E-state index >= 15 is 8.78 Å². The molecule has 9 saturated carbocycles. The first kappa shape index (κ1) is 73.8. The van der Waals surface area contributed by atoms with Crippen molar-refractivity contribution >= 4 is 69.3 Å². The molecule has 0 radical (unpaired) electrons. The van der Waals surface area contributed by atoms with E-state index in [1.807, 2.05) is 32.9 Å². The monoisotopic (exact) mass is 1390 g/mol. The van der Waals surface area contributed by atoms with Crippen molar-refractivity contribution in [2.45, 2.75) is 237 Å². The molecule has 1 saturated heterocycles. The van der Waals surface area contributed by atoms with Gasteiger partial charge in [-0.2, -0.15) is 0 Å². The number of ether oxygens (including phenoxy) is 4. The Balaban J connectivity index is 0.000000148. The van der Waals surface area contributed by atoms with Crippen molar-refractivity contribution in [3.63, 3.8) is 0 Å². The normalized spacial score (nSPS) is 48.3. The summed E-state index contributed by atoms with van der Waals surface area (Å²) < 4.78 is 69.0. The van der Waals surface area contributed by atoms with Crippen LogP contribution in [0.2, 0.25) is 0 Å². The van der Waals surface area contributed by atoms with Crippen LogP contribution in [0.5, 0.6) is 0 Å². The maximum atomic E-state index is 16.9. The van der Waals surface area contributed by atoms with Gasteiger partial charge in [0.05, 0.1) is 29.3 Å². The van der Waals surface area contributed by atoms with Crippen LogP contribution in [0.4, 0.5) is 13.2 Å². The minimum Gasteiger partial charge on any atom is -0.457 e. The van der Waals surface area contributed by atoms with Crippen LogP contribution in [0.1, 0.15) is 172 Å². The lowest BCUT2D eigenvalue weighted by molar-refractivity contribution is -0.221. The number of hydrogen-bond acceptors (Lipinski definition) is 18. The molecule has 0 amide bonds. The highest BCUT2D eigenvalue weighted by molar-refractivity contribution is 8.13. The number of rotatable bonds is 12. The van der Waals surface area contributed by atoms with Crippen LogP contribution in [0.3, 0.4) is 0 Å². The van der Waals surface area contributed by atoms with Gasteiger partial charge in [-0.05, 0) is 162 Å². The summed E-state index contributed by atoms with van der Waals surface area (Å²) in [6, 6.07) is -0.995. The Hall–Kier alpha value is -4.45. The number of allylic oxidation sites excluding steroid dienone is 12. The smallest absolute Gasteiger partial charge is 0.306 e. The van der Waals surface area contributed by atoms with E-state index in [0.29, 0.717) is 50.3 Å². The molecule has 1 unspecified atom stereocenters. The zero-order chi connectivity index (χ0) is 71.1. The minimum atomic E-state index is -2.26. The van der Waals surface area contributed by atoms with Crippen LogP contribution >= 0.6 is 23.4 Å². The average molecular weight is 1400 g/mol. The van der Waals surface area contributed by atoms with Crippen molar-refractivity contribution in [3.05, 3.63) is 71.4 Å². The van der Waals surface area contributed by atoms with E-state index in [4.69, 9.17) is 30.5 Å². The number of thioether (sulfide) groups is 1. The van der Waals surface area contributed by atoms with Gasteiger partial charge in [0.15, 0.2) is 52.9 Å². The van der Waals surface area contributed by atoms with Gasteiger partial charge >= 0.3 is 11.9 Å². The third kappa shape index (κ3) is 10.2. The summed E-state index contributed by atoms with van der Waals surface area (Å²) in [7, 11) is 0. The van der Waals surface area contributed by atoms with Crippen LogP contribution in [-0.2, 0) is 57.3 Å². The Morgan fingerprint density at radius 2 is 1.30 bits per heavy atom. The molecule has 534 valence electrons. The largest absolute Gasteiger partial charge is 0.457 e. The Morgan fingerprint density at radius 1 is 0.701 bits per heavy atom. The highest BCUT2D eigenvalue weighted by Crippen LogP contribution is 2.75. The Bertz CT molecular complexity index is 3480. The summed E-state index contributed by atoms with van der Waals surface area (Å²) in [4.78, 5) is 99.2. The lowest BCUT2D eigenvalue weighted by Crippen LogP contribution is -2.70. The highest BCUT2D eigenvalue weighted by atomic mass is 35.5. The summed E-state index contributed by atoms with van der Waals surface area (Å²) in [5.74, 6) is -4.78. The van der Waals surface area contributed by atoms with Crippen LogP contribution in [0, 0.1) is 85.8 Å². The molecule has 97 heavy (non-hydrogen) atoms. The van der Waals surface area contributed by atoms with Gasteiger partial charge in [-0.15, -0.1) is 11.6 Å². The SMILES string of the molecule is CCC(=O)OCC(=O)[C@@]1(OC(=O)CC)[C@@H](C)C[C@H]2[C@@H]3CCC4=CC(=O)C=C[C@]4(C)[C@@]3(Cl)[C@@H](O)C[C@@]21C.CCCC1O[C@@H]2C[C@H]3[C@@H]4CCC5=CC(=O)C=C[C@]5(C)[C@H]4[C@@H](O)C[C@]3(C)[C@]2(C(=O)CO)O1.C[C@@H]1C[C@H]2[C@@H]3C[C@H](F)C4=CC(=O)C=C[C@]4(C)[C@@]3(F)[C@@H](O)C[C@]2(C)[C@@]1(O)C(=O)SCF. The lowest BCUT2D eigenvalue weighted by atomic mass is 9.44.